The molecular formula is C19H24BN3O2. The van der Waals surface area contributed by atoms with Crippen molar-refractivity contribution >= 4 is 12.8 Å². The van der Waals surface area contributed by atoms with Crippen LogP contribution in [0.15, 0.2) is 43.0 Å². The number of benzene rings is 2. The minimum Gasteiger partial charge on any atom is -0.534 e. The highest BCUT2D eigenvalue weighted by Gasteiger charge is 2.35. The van der Waals surface area contributed by atoms with Gasteiger partial charge in [0.25, 0.3) is 0 Å². The van der Waals surface area contributed by atoms with Crippen molar-refractivity contribution in [2.75, 3.05) is 0 Å². The summed E-state index contributed by atoms with van der Waals surface area (Å²) in [6.07, 6.45) is 0.658. The van der Waals surface area contributed by atoms with Crippen LogP contribution in [0.5, 0.6) is 5.75 Å². The van der Waals surface area contributed by atoms with Crippen LogP contribution in [0.25, 0.3) is 5.70 Å². The zero-order chi connectivity index (χ0) is 18.0. The summed E-state index contributed by atoms with van der Waals surface area (Å²) < 4.78 is 5.72. The largest absolute Gasteiger partial charge is 0.546 e. The van der Waals surface area contributed by atoms with Crippen LogP contribution in [0.4, 0.5) is 0 Å². The molecule has 5 nitrogen and oxygen atoms in total. The topological polar surface area (TPSA) is 93.5 Å². The predicted molar refractivity (Wildman–Crippen MR) is 102 cm³/mol. The molecule has 0 amide bonds. The van der Waals surface area contributed by atoms with Crippen LogP contribution in [-0.4, -0.2) is 18.1 Å². The predicted octanol–water partition coefficient (Wildman–Crippen LogP) is 1.50. The third kappa shape index (κ3) is 3.42. The third-order valence-electron chi connectivity index (χ3n) is 4.70. The molecule has 6 N–H and O–H groups in total. The molecule has 0 spiro atoms. The number of aryl methyl sites for hydroxylation is 1. The first-order valence-corrected chi connectivity index (χ1v) is 8.45. The van der Waals surface area contributed by atoms with E-state index in [9.17, 15) is 5.02 Å². The second-order valence-electron chi connectivity index (χ2n) is 6.36. The van der Waals surface area contributed by atoms with E-state index < -0.39 is 7.12 Å². The minimum absolute atomic E-state index is 0.283. The molecule has 1 atom stereocenters. The van der Waals surface area contributed by atoms with E-state index in [2.05, 4.69) is 11.9 Å². The zero-order valence-electron chi connectivity index (χ0n) is 14.5. The van der Waals surface area contributed by atoms with E-state index in [-0.39, 0.29) is 5.94 Å². The Bertz CT molecular complexity index is 794. The summed E-state index contributed by atoms with van der Waals surface area (Å²) in [6, 6.07) is 11.9. The molecule has 2 aromatic carbocycles. The summed E-state index contributed by atoms with van der Waals surface area (Å²) in [5.74, 6) is 0.486. The van der Waals surface area contributed by atoms with Crippen molar-refractivity contribution in [3.63, 3.8) is 0 Å². The number of rotatable bonds is 5. The lowest BCUT2D eigenvalue weighted by atomic mass is 9.72. The van der Waals surface area contributed by atoms with Gasteiger partial charge in [-0.15, -0.1) is 0 Å². The molecule has 1 unspecified atom stereocenters. The van der Waals surface area contributed by atoms with Crippen LogP contribution >= 0.6 is 0 Å². The van der Waals surface area contributed by atoms with Gasteiger partial charge < -0.3 is 26.5 Å². The van der Waals surface area contributed by atoms with Gasteiger partial charge >= 0.3 is 7.12 Å². The zero-order valence-corrected chi connectivity index (χ0v) is 14.5. The Labute approximate surface area is 148 Å². The Morgan fingerprint density at radius 1 is 1.28 bits per heavy atom. The third-order valence-corrected chi connectivity index (χ3v) is 4.70. The summed E-state index contributed by atoms with van der Waals surface area (Å²) in [5.41, 5.74) is 17.4. The molecule has 2 aromatic rings. The Morgan fingerprint density at radius 2 is 2.04 bits per heavy atom. The van der Waals surface area contributed by atoms with E-state index in [0.29, 0.717) is 25.2 Å². The fourth-order valence-corrected chi connectivity index (χ4v) is 3.36. The molecule has 1 heterocycles. The smallest absolute Gasteiger partial charge is 0.534 e. The molecule has 0 saturated heterocycles. The van der Waals surface area contributed by atoms with Crippen LogP contribution in [0, 0.1) is 6.92 Å². The number of nitrogens with two attached hydrogens (primary N) is 2. The number of hydrogen-bond donors (Lipinski definition) is 4. The van der Waals surface area contributed by atoms with Gasteiger partial charge in [-0.25, -0.2) is 0 Å². The first-order valence-electron chi connectivity index (χ1n) is 8.45. The Morgan fingerprint density at radius 3 is 2.76 bits per heavy atom. The highest BCUT2D eigenvalue weighted by molar-refractivity contribution is 6.46. The van der Waals surface area contributed by atoms with Crippen molar-refractivity contribution in [1.82, 2.24) is 5.32 Å². The molecule has 1 aliphatic heterocycles. The first kappa shape index (κ1) is 17.5. The lowest BCUT2D eigenvalue weighted by Crippen LogP contribution is -2.50. The minimum atomic E-state index is -0.940. The molecule has 0 fully saturated rings. The Kier molecular flexibility index (Phi) is 5.13. The average Bonchev–Trinajstić information content (AvgIpc) is 2.62. The van der Waals surface area contributed by atoms with Gasteiger partial charge in [0.15, 0.2) is 0 Å². The lowest BCUT2D eigenvalue weighted by molar-refractivity contribution is 0.367. The van der Waals surface area contributed by atoms with Crippen molar-refractivity contribution in [2.45, 2.75) is 32.4 Å². The van der Waals surface area contributed by atoms with Gasteiger partial charge in [-0.05, 0) is 35.6 Å². The van der Waals surface area contributed by atoms with E-state index in [1.54, 1.807) is 0 Å². The van der Waals surface area contributed by atoms with E-state index in [0.717, 1.165) is 33.6 Å². The van der Waals surface area contributed by atoms with Gasteiger partial charge in [0.1, 0.15) is 5.75 Å². The molecule has 3 rings (SSSR count). The maximum atomic E-state index is 10.4. The highest BCUT2D eigenvalue weighted by atomic mass is 16.5. The molecule has 0 aliphatic carbocycles. The standard InChI is InChI=1S/C19H24BN3O2/c1-12-5-3-6-14-9-18(20(24)25-19(12)14)23-13(2)16-8-4-7-15(10-21)17(16)11-22/h3-8,18,23-24H,2,9-11,21-22H2,1H3. The summed E-state index contributed by atoms with van der Waals surface area (Å²) in [6.45, 7) is 6.92. The van der Waals surface area contributed by atoms with Crippen LogP contribution in [0.1, 0.15) is 27.8 Å². The summed E-state index contributed by atoms with van der Waals surface area (Å²) in [7, 11) is -0.940. The number of nitrogens with one attached hydrogen (secondary N) is 1. The SMILES string of the molecule is C=C(NC1Cc2cccc(C)c2OB1O)c1cccc(CN)c1CN. The van der Waals surface area contributed by atoms with Crippen LogP contribution < -0.4 is 21.4 Å². The van der Waals surface area contributed by atoms with E-state index in [1.807, 2.05) is 43.3 Å². The van der Waals surface area contributed by atoms with Gasteiger partial charge in [0.05, 0.1) is 5.94 Å². The Hall–Kier alpha value is -2.28. The maximum Gasteiger partial charge on any atom is 0.546 e. The highest BCUT2D eigenvalue weighted by Crippen LogP contribution is 2.30. The van der Waals surface area contributed by atoms with Crippen molar-refractivity contribution in [3.05, 3.63) is 70.8 Å². The monoisotopic (exact) mass is 337 g/mol. The molecule has 0 saturated carbocycles. The molecule has 6 heteroatoms. The second-order valence-corrected chi connectivity index (χ2v) is 6.36. The molecule has 0 radical (unpaired) electrons. The quantitative estimate of drug-likeness (QED) is 0.621. The van der Waals surface area contributed by atoms with Crippen LogP contribution in [-0.2, 0) is 19.5 Å². The van der Waals surface area contributed by atoms with Gasteiger partial charge in [-0.2, -0.15) is 0 Å². The number of para-hydroxylation sites is 1. The summed E-state index contributed by atoms with van der Waals surface area (Å²) >= 11 is 0. The number of hydrogen-bond acceptors (Lipinski definition) is 5. The molecule has 130 valence electrons. The molecule has 1 aliphatic rings. The fourth-order valence-electron chi connectivity index (χ4n) is 3.36. The van der Waals surface area contributed by atoms with Crippen molar-refractivity contribution in [2.24, 2.45) is 11.5 Å². The number of fused-ring (bicyclic) bond motifs is 1. The lowest BCUT2D eigenvalue weighted by Gasteiger charge is -2.30. The average molecular weight is 337 g/mol. The summed E-state index contributed by atoms with van der Waals surface area (Å²) in [4.78, 5) is 0. The molecular weight excluding hydrogens is 313 g/mol. The van der Waals surface area contributed by atoms with E-state index in [4.69, 9.17) is 16.1 Å². The molecule has 0 aromatic heterocycles. The van der Waals surface area contributed by atoms with Gasteiger partial charge in [-0.3, -0.25) is 0 Å². The van der Waals surface area contributed by atoms with E-state index >= 15 is 0 Å². The summed E-state index contributed by atoms with van der Waals surface area (Å²) in [5, 5.41) is 13.7. The van der Waals surface area contributed by atoms with Gasteiger partial charge in [0.2, 0.25) is 0 Å². The normalized spacial score (nSPS) is 16.2. The first-order chi connectivity index (χ1) is 12.0. The fraction of sp³-hybridized carbons (Fsp3) is 0.263. The van der Waals surface area contributed by atoms with Crippen molar-refractivity contribution in [1.29, 1.82) is 0 Å². The van der Waals surface area contributed by atoms with Crippen LogP contribution in [0.2, 0.25) is 0 Å². The maximum absolute atomic E-state index is 10.4. The van der Waals surface area contributed by atoms with Crippen molar-refractivity contribution < 1.29 is 9.68 Å². The molecule has 0 bridgehead atoms. The van der Waals surface area contributed by atoms with Gasteiger partial charge in [0, 0.05) is 24.4 Å². The van der Waals surface area contributed by atoms with Crippen molar-refractivity contribution in [3.8, 4) is 5.75 Å². The van der Waals surface area contributed by atoms with Crippen LogP contribution in [0.3, 0.4) is 0 Å². The second kappa shape index (κ2) is 7.31. The van der Waals surface area contributed by atoms with Gasteiger partial charge in [-0.1, -0.05) is 43.0 Å². The Balaban J connectivity index is 1.82. The molecule has 25 heavy (non-hydrogen) atoms. The van der Waals surface area contributed by atoms with E-state index in [1.165, 1.54) is 0 Å².